The van der Waals surface area contributed by atoms with Gasteiger partial charge in [0.2, 0.25) is 6.20 Å². The van der Waals surface area contributed by atoms with Crippen LogP contribution in [0, 0.1) is 0 Å². The minimum Gasteiger partial charge on any atom is -0.790 e. The summed E-state index contributed by atoms with van der Waals surface area (Å²) in [5.74, 6) is 3.34. The van der Waals surface area contributed by atoms with Crippen molar-refractivity contribution < 1.29 is 352 Å². The fraction of sp³-hybridized carbons (Fsp3) is 0.529. The Morgan fingerprint density at radius 1 is 0.855 bits per heavy atom. The number of thiocarbonyl (C=S) groups is 1. The standard InChI is InChI=1S/C5H5NOS.C5H11NS2.C5H5NS.C4H6N2S.C4H10O2S2.C4H10OS2.C3H5NS2.C2H4OS.C2H6OS.K.9Na/c7-6-4-2-1-3-5(6)8;1-3-6(4-2)5(7)8;7-5-3-1-2-4-6-5;1-6-3-2-5-4(6)7;5-3(1-7)4(6)2-8;6-3-1-5-2-4-7;5-3-4-1-2-6-3;1-2(3)4;3-1-2-4;;;;;;;;;;/h1-4,7H;3-4H2,1-2H3,(H,7,8);1-4H,(H,6,7);2-3H,1H3,(H,5,7);3-8H,1-2H2;6-7H,1-4H2;1-2H2,(H,4,5);1H3,(H,3,4);3-4H,1-2H2;;;;;;;;;;/q;;;;;;;;;10*+1/p-9. The number of nitrogens with zero attached hydrogens (tertiary/aromatic N) is 6. The Morgan fingerprint density at radius 2 is 1.32 bits per heavy atom. The number of carbonyl (C=O) groups excluding carboxylic acids is 1. The first-order valence-corrected chi connectivity index (χ1v) is 23.7. The summed E-state index contributed by atoms with van der Waals surface area (Å²) < 4.78 is 9.02. The molecule has 1 aliphatic rings. The first-order chi connectivity index (χ1) is 27.9. The van der Waals surface area contributed by atoms with Gasteiger partial charge in [-0.05, 0) is 42.8 Å². The number of aliphatic hydroxyl groups excluding tert-OH is 3. The predicted molar refractivity (Wildman–Crippen MR) is 274 cm³/mol. The van der Waals surface area contributed by atoms with E-state index in [0.717, 1.165) is 34.5 Å². The van der Waals surface area contributed by atoms with Crippen molar-refractivity contribution >= 4 is 177 Å². The summed E-state index contributed by atoms with van der Waals surface area (Å²) in [5, 5.41) is 35.4. The van der Waals surface area contributed by atoms with Gasteiger partial charge < -0.3 is 178 Å². The summed E-state index contributed by atoms with van der Waals surface area (Å²) in [7, 11) is 1.87. The van der Waals surface area contributed by atoms with Crippen LogP contribution in [0.1, 0.15) is 20.8 Å². The van der Waals surface area contributed by atoms with E-state index >= 15 is 0 Å². The fourth-order valence-electron chi connectivity index (χ4n) is 2.37. The number of aliphatic hydroxyl groups is 3. The van der Waals surface area contributed by atoms with E-state index in [9.17, 15) is 4.79 Å². The van der Waals surface area contributed by atoms with Crippen molar-refractivity contribution in [2.24, 2.45) is 12.0 Å². The summed E-state index contributed by atoms with van der Waals surface area (Å²) in [6, 6.07) is 10.6. The summed E-state index contributed by atoms with van der Waals surface area (Å²) in [5.41, 5.74) is 0. The molecule has 4 heterocycles. The molecule has 0 aromatic carbocycles. The predicted octanol–water partition coefficient (Wildman–Crippen LogP) is -27.8. The van der Waals surface area contributed by atoms with Crippen molar-refractivity contribution in [1.82, 2.24) is 19.4 Å². The first-order valence-electron chi connectivity index (χ1n) is 17.0. The second-order valence-corrected chi connectivity index (χ2v) is 16.2. The number of thioether (sulfide) groups is 1. The van der Waals surface area contributed by atoms with Gasteiger partial charge >= 0.3 is 317 Å². The minimum absolute atomic E-state index is 0. The van der Waals surface area contributed by atoms with Crippen LogP contribution in [0.2, 0.25) is 0 Å². The molecule has 3 aromatic rings. The monoisotopic (exact) mass is 1300 g/mol. The van der Waals surface area contributed by atoms with Gasteiger partial charge in [-0.1, -0.05) is 31.9 Å². The zero-order chi connectivity index (χ0) is 46.4. The molecule has 0 aliphatic carbocycles. The molecule has 342 valence electrons. The molecule has 3 aromatic heterocycles. The quantitative estimate of drug-likeness (QED) is 0.0248. The summed E-state index contributed by atoms with van der Waals surface area (Å²) in [6.07, 6.45) is 5.12. The number of carbonyl (C=O) groups is 1. The van der Waals surface area contributed by atoms with Crippen LogP contribution < -0.4 is 322 Å². The number of rotatable bonds is 10. The van der Waals surface area contributed by atoms with E-state index in [0.29, 0.717) is 50.0 Å². The van der Waals surface area contributed by atoms with Gasteiger partial charge in [0.25, 0.3) is 0 Å². The van der Waals surface area contributed by atoms with Crippen molar-refractivity contribution in [1.29, 1.82) is 0 Å². The molecule has 2 atom stereocenters. The van der Waals surface area contributed by atoms with Gasteiger partial charge in [0.15, 0.2) is 0 Å². The Hall–Kier alpha value is 10.4. The van der Waals surface area contributed by atoms with Gasteiger partial charge in [-0.3, -0.25) is 15.2 Å². The number of aromatic nitrogens is 4. The molecule has 0 bridgehead atoms. The van der Waals surface area contributed by atoms with Crippen molar-refractivity contribution in [3.05, 3.63) is 61.2 Å². The van der Waals surface area contributed by atoms with E-state index in [1.165, 1.54) is 13.1 Å². The third-order valence-electron chi connectivity index (χ3n) is 5.15. The Bertz CT molecular complexity index is 1380. The second-order valence-electron chi connectivity index (χ2n) is 9.73. The third-order valence-corrected chi connectivity index (χ3v) is 9.10. The maximum absolute atomic E-state index is 9.26. The van der Waals surface area contributed by atoms with E-state index in [2.05, 4.69) is 103 Å². The molecule has 0 amide bonds. The number of hydrogen-bond donors (Lipinski definition) is 5. The average molecular weight is 1300 g/mol. The number of aliphatic imine (C=N–C) groups is 1. The molecule has 2 unspecified atom stereocenters. The van der Waals surface area contributed by atoms with Crippen LogP contribution in [0.25, 0.3) is 0 Å². The Morgan fingerprint density at radius 3 is 1.46 bits per heavy atom. The van der Waals surface area contributed by atoms with E-state index in [1.807, 2.05) is 44.1 Å². The Labute approximate surface area is 726 Å². The van der Waals surface area contributed by atoms with Crippen molar-refractivity contribution in [3.63, 3.8) is 0 Å². The Kier molecular flexibility index (Phi) is 162. The molecular formula is C34H53KN6Na9O6S13+. The zero-order valence-corrected chi connectivity index (χ0v) is 74.9. The second kappa shape index (κ2) is 94.8. The minimum atomic E-state index is -0.789. The van der Waals surface area contributed by atoms with E-state index in [1.54, 1.807) is 53.0 Å². The molecule has 4 N–H and O–H groups in total. The fourth-order valence-corrected chi connectivity index (χ4v) is 4.87. The summed E-state index contributed by atoms with van der Waals surface area (Å²) in [4.78, 5) is 22.7. The normalized spacial score (nSPS) is 9.54. The molecule has 4 rings (SSSR count). The van der Waals surface area contributed by atoms with E-state index in [4.69, 9.17) is 88.0 Å². The number of pyridine rings is 2. The van der Waals surface area contributed by atoms with Crippen LogP contribution in [-0.4, -0.2) is 140 Å². The number of hydrogen-bond acceptors (Lipinski definition) is 22. The molecule has 12 nitrogen and oxygen atoms in total. The van der Waals surface area contributed by atoms with Gasteiger partial charge in [-0.25, -0.2) is 0 Å². The maximum atomic E-state index is 9.26. The topological polar surface area (TPSA) is 157 Å². The SMILES string of the molecule is CC(=O)[S-].CCN(CC)C(=S)[S-].Cn1ccnc1[S-].OC(C[S-])C(O)CS.OCC[S-].O[n+]1ccccc1[S-].[K+].[Na+].[Na+].[Na+].[Na+].[Na+].[Na+].[Na+].[Na+].[Na+].[S-]C1=NCCS1.[S-]CCOCC[S-].[S-]c1ccccn1. The zero-order valence-electron chi connectivity index (χ0n) is 43.0. The van der Waals surface area contributed by atoms with Gasteiger partial charge in [0, 0.05) is 87.8 Å². The molecule has 0 fully saturated rings. The first kappa shape index (κ1) is 118. The molecule has 0 saturated heterocycles. The molecule has 35 heteroatoms. The van der Waals surface area contributed by atoms with Crippen LogP contribution in [-0.2, 0) is 143 Å². The van der Waals surface area contributed by atoms with Gasteiger partial charge in [-0.2, -0.15) is 29.9 Å². The van der Waals surface area contributed by atoms with Crippen molar-refractivity contribution in [3.8, 4) is 0 Å². The van der Waals surface area contributed by atoms with Crippen molar-refractivity contribution in [2.45, 2.75) is 48.2 Å². The van der Waals surface area contributed by atoms with Gasteiger partial charge in [-0.15, -0.1) is 17.5 Å². The van der Waals surface area contributed by atoms with Crippen LogP contribution in [0.15, 0.2) is 81.4 Å². The molecule has 1 aliphatic heterocycles. The van der Waals surface area contributed by atoms with Gasteiger partial charge in [0.1, 0.15) is 5.03 Å². The average Bonchev–Trinajstić information content (AvgIpc) is 3.86. The number of aryl methyl sites for hydroxylation is 1. The van der Waals surface area contributed by atoms with E-state index < -0.39 is 12.2 Å². The Balaban J connectivity index is -0.0000000362. The number of ether oxygens (including phenoxy) is 1. The largest absolute Gasteiger partial charge is 1.00 e. The summed E-state index contributed by atoms with van der Waals surface area (Å²) in [6.45, 7) is 9.70. The molecule has 69 heavy (non-hydrogen) atoms. The smallest absolute Gasteiger partial charge is 0.790 e. The molecule has 0 spiro atoms. The van der Waals surface area contributed by atoms with E-state index in [-0.39, 0.29) is 341 Å². The van der Waals surface area contributed by atoms with Crippen LogP contribution in [0.5, 0.6) is 0 Å². The summed E-state index contributed by atoms with van der Waals surface area (Å²) >= 11 is 55.7. The molecule has 0 radical (unpaired) electrons. The van der Waals surface area contributed by atoms with Crippen molar-refractivity contribution in [2.75, 3.05) is 74.0 Å². The molecular weight excluding hydrogens is 1250 g/mol. The maximum Gasteiger partial charge on any atom is 1.00 e. The number of imidazole rings is 1. The van der Waals surface area contributed by atoms with Crippen LogP contribution >= 0.6 is 36.6 Å². The molecule has 0 saturated carbocycles. The van der Waals surface area contributed by atoms with Crippen LogP contribution in [0.4, 0.5) is 0 Å². The third kappa shape index (κ3) is 101. The van der Waals surface area contributed by atoms with Gasteiger partial charge in [0.05, 0.1) is 12.2 Å². The number of thiol groups is 1. The van der Waals surface area contributed by atoms with Crippen LogP contribution in [0.3, 0.4) is 0 Å².